The van der Waals surface area contributed by atoms with Gasteiger partial charge in [0, 0.05) is 5.25 Å². The number of ether oxygens (including phenoxy) is 1. The Kier molecular flexibility index (Phi) is 25.8. The summed E-state index contributed by atoms with van der Waals surface area (Å²) in [5.41, 5.74) is -0.988. The molecule has 0 aromatic carbocycles. The molecule has 0 N–H and O–H groups in total. The number of carbonyl (C=O) groups is 1. The van der Waals surface area contributed by atoms with Gasteiger partial charge in [-0.1, -0.05) is 117 Å². The Labute approximate surface area is 239 Å². The summed E-state index contributed by atoms with van der Waals surface area (Å²) in [7, 11) is -4.17. The minimum absolute atomic E-state index is 0.136. The van der Waals surface area contributed by atoms with Crippen LogP contribution in [0.15, 0.2) is 0 Å². The molecule has 0 aliphatic heterocycles. The van der Waals surface area contributed by atoms with E-state index in [9.17, 15) is 9.36 Å². The molecule has 0 heterocycles. The van der Waals surface area contributed by atoms with E-state index < -0.39 is 19.4 Å². The van der Waals surface area contributed by atoms with Crippen molar-refractivity contribution in [3.05, 3.63) is 0 Å². The van der Waals surface area contributed by atoms with Crippen LogP contribution in [-0.4, -0.2) is 35.5 Å². The van der Waals surface area contributed by atoms with Gasteiger partial charge >= 0.3 is 13.3 Å². The Hall–Kier alpha value is -0.0700. The first kappa shape index (κ1) is 37.9. The quantitative estimate of drug-likeness (QED) is 0.0394. The Morgan fingerprint density at radius 3 is 1.71 bits per heavy atom. The summed E-state index contributed by atoms with van der Waals surface area (Å²) in [4.78, 5) is 18.0. The summed E-state index contributed by atoms with van der Waals surface area (Å²) in [6.07, 6.45) is 21.7. The third-order valence-corrected chi connectivity index (χ3v) is 9.44. The van der Waals surface area contributed by atoms with E-state index in [1.54, 1.807) is 13.8 Å². The minimum atomic E-state index is -4.17. The van der Waals surface area contributed by atoms with E-state index in [1.165, 1.54) is 96.3 Å². The van der Waals surface area contributed by atoms with Gasteiger partial charge < -0.3 is 4.74 Å². The van der Waals surface area contributed by atoms with Crippen molar-refractivity contribution >= 4 is 25.1 Å². The maximum absolute atomic E-state index is 13.1. The molecule has 0 saturated heterocycles. The Bertz CT molecular complexity index is 589. The van der Waals surface area contributed by atoms with Crippen LogP contribution in [0.1, 0.15) is 157 Å². The molecule has 0 saturated carbocycles. The monoisotopic (exact) mass is 580 g/mol. The van der Waals surface area contributed by atoms with Crippen LogP contribution < -0.4 is 0 Å². The van der Waals surface area contributed by atoms with Crippen LogP contribution in [0.3, 0.4) is 0 Å². The highest BCUT2D eigenvalue weighted by Gasteiger charge is 2.40. The first-order valence-electron chi connectivity index (χ1n) is 15.7. The molecule has 0 aromatic heterocycles. The Morgan fingerprint density at radius 1 is 0.711 bits per heavy atom. The van der Waals surface area contributed by atoms with E-state index in [0.717, 1.165) is 18.6 Å². The van der Waals surface area contributed by atoms with Gasteiger partial charge in [-0.15, -0.1) is 4.67 Å². The fraction of sp³-hybridized carbons (Fsp3) is 0.967. The van der Waals surface area contributed by atoms with E-state index in [4.69, 9.17) is 18.8 Å². The average molecular weight is 581 g/mol. The van der Waals surface area contributed by atoms with E-state index in [0.29, 0.717) is 6.42 Å². The molecule has 228 valence electrons. The van der Waals surface area contributed by atoms with Crippen molar-refractivity contribution in [1.29, 1.82) is 0 Å². The van der Waals surface area contributed by atoms with Gasteiger partial charge in [0.05, 0.1) is 12.7 Å². The largest absolute Gasteiger partial charge is 0.464 e. The van der Waals surface area contributed by atoms with E-state index in [2.05, 4.69) is 13.8 Å². The van der Waals surface area contributed by atoms with Gasteiger partial charge in [0.1, 0.15) is 6.10 Å². The molecule has 6 nitrogen and oxygen atoms in total. The summed E-state index contributed by atoms with van der Waals surface area (Å²) in [5, 5.41) is 0.209. The second-order valence-corrected chi connectivity index (χ2v) is 13.9. The first-order valence-corrected chi connectivity index (χ1v) is 18.3. The second kappa shape index (κ2) is 25.9. The summed E-state index contributed by atoms with van der Waals surface area (Å²) >= 11 is 1.91. The van der Waals surface area contributed by atoms with Crippen LogP contribution in [0.5, 0.6) is 0 Å². The summed E-state index contributed by atoms with van der Waals surface area (Å²) in [6.45, 7) is 11.8. The van der Waals surface area contributed by atoms with Crippen molar-refractivity contribution in [3.8, 4) is 0 Å². The van der Waals surface area contributed by atoms with Gasteiger partial charge in [-0.3, -0.25) is 4.52 Å². The molecule has 0 radical (unpaired) electrons. The van der Waals surface area contributed by atoms with Gasteiger partial charge in [-0.25, -0.2) is 14.2 Å². The van der Waals surface area contributed by atoms with Crippen LogP contribution in [0.25, 0.3) is 0 Å². The predicted molar refractivity (Wildman–Crippen MR) is 163 cm³/mol. The number of hydrogen-bond donors (Lipinski definition) is 0. The van der Waals surface area contributed by atoms with E-state index >= 15 is 0 Å². The lowest BCUT2D eigenvalue weighted by atomic mass is 10.1. The molecule has 0 spiro atoms. The third kappa shape index (κ3) is 20.8. The molecule has 0 fully saturated rings. The molecular weight excluding hydrogens is 519 g/mol. The van der Waals surface area contributed by atoms with Crippen molar-refractivity contribution in [3.63, 3.8) is 0 Å². The predicted octanol–water partition coefficient (Wildman–Crippen LogP) is 11.3. The summed E-state index contributed by atoms with van der Waals surface area (Å²) in [5.74, 6) is 1.07. The summed E-state index contributed by atoms with van der Waals surface area (Å²) in [6, 6.07) is 0. The molecule has 0 rings (SSSR count). The zero-order valence-electron chi connectivity index (χ0n) is 25.7. The zero-order chi connectivity index (χ0) is 28.5. The van der Waals surface area contributed by atoms with Crippen LogP contribution in [-0.2, 0) is 23.4 Å². The minimum Gasteiger partial charge on any atom is -0.454 e. The van der Waals surface area contributed by atoms with Gasteiger partial charge in [0.2, 0.25) is 0 Å². The Morgan fingerprint density at radius 2 is 1.21 bits per heavy atom. The van der Waals surface area contributed by atoms with Gasteiger partial charge in [0.15, 0.2) is 0 Å². The van der Waals surface area contributed by atoms with Gasteiger partial charge in [0.25, 0.3) is 0 Å². The average Bonchev–Trinajstić information content (AvgIpc) is 2.89. The molecule has 38 heavy (non-hydrogen) atoms. The van der Waals surface area contributed by atoms with Crippen LogP contribution >= 0.6 is 19.4 Å². The van der Waals surface area contributed by atoms with Crippen LogP contribution in [0.2, 0.25) is 0 Å². The summed E-state index contributed by atoms with van der Waals surface area (Å²) < 4.78 is 28.8. The number of hydrogen-bond acceptors (Lipinski definition) is 7. The van der Waals surface area contributed by atoms with Crippen LogP contribution in [0.4, 0.5) is 4.79 Å². The van der Waals surface area contributed by atoms with Crippen molar-refractivity contribution < 1.29 is 28.2 Å². The standard InChI is InChI=1S/C30H61O6PS/c1-7-10-12-14-15-16-17-18-19-21-23-26-38-29(24-22-20-13-11-8-2)28(6)35-36-37(32,33-25-9-3)30(31)34-27(4)5/h27-29H,7-26H2,1-6H3. The fourth-order valence-corrected chi connectivity index (χ4v) is 6.72. The molecule has 0 aliphatic rings. The Balaban J connectivity index is 4.59. The number of rotatable bonds is 28. The lowest BCUT2D eigenvalue weighted by Crippen LogP contribution is -2.25. The molecule has 8 heteroatoms. The maximum atomic E-state index is 13.1. The van der Waals surface area contributed by atoms with E-state index in [-0.39, 0.29) is 18.0 Å². The van der Waals surface area contributed by atoms with E-state index in [1.807, 2.05) is 25.6 Å². The van der Waals surface area contributed by atoms with Crippen molar-refractivity contribution in [1.82, 2.24) is 0 Å². The molecule has 3 atom stereocenters. The highest BCUT2D eigenvalue weighted by atomic mass is 32.2. The number of thioether (sulfide) groups is 1. The maximum Gasteiger partial charge on any atom is 0.464 e. The third-order valence-electron chi connectivity index (χ3n) is 6.51. The molecule has 0 bridgehead atoms. The lowest BCUT2D eigenvalue weighted by molar-refractivity contribution is -0.245. The van der Waals surface area contributed by atoms with Gasteiger partial charge in [-0.2, -0.15) is 11.8 Å². The number of unbranched alkanes of at least 4 members (excludes halogenated alkanes) is 14. The topological polar surface area (TPSA) is 71.1 Å². The second-order valence-electron chi connectivity index (χ2n) is 10.8. The molecule has 3 unspecified atom stereocenters. The normalized spacial score (nSPS) is 14.9. The van der Waals surface area contributed by atoms with Crippen molar-refractivity contribution in [2.24, 2.45) is 0 Å². The molecule has 0 aliphatic carbocycles. The van der Waals surface area contributed by atoms with Gasteiger partial charge in [-0.05, 0) is 45.8 Å². The fourth-order valence-electron chi connectivity index (χ4n) is 4.17. The number of carbonyl (C=O) groups excluding carboxylic acids is 1. The first-order chi connectivity index (χ1) is 18.3. The lowest BCUT2D eigenvalue weighted by Gasteiger charge is -2.25. The van der Waals surface area contributed by atoms with Crippen molar-refractivity contribution in [2.75, 3.05) is 12.4 Å². The van der Waals surface area contributed by atoms with Crippen molar-refractivity contribution in [2.45, 2.75) is 175 Å². The molecule has 0 amide bonds. The highest BCUT2D eigenvalue weighted by molar-refractivity contribution is 7.99. The molecular formula is C30H61O6PS. The molecule has 0 aromatic rings. The van der Waals surface area contributed by atoms with Crippen LogP contribution in [0, 0.1) is 0 Å². The smallest absolute Gasteiger partial charge is 0.454 e. The highest BCUT2D eigenvalue weighted by Crippen LogP contribution is 2.51. The SMILES string of the molecule is CCCCCCCCCCCCCSC(CCCCCCC)C(C)OOP(=O)(OCCC)C(=O)OC(C)C. The zero-order valence-corrected chi connectivity index (χ0v) is 27.4.